The Labute approximate surface area is 108 Å². The molecule has 0 amide bonds. The van der Waals surface area contributed by atoms with Gasteiger partial charge in [-0.2, -0.15) is 0 Å². The zero-order chi connectivity index (χ0) is 12.3. The maximum Gasteiger partial charge on any atom is 0.00670 e. The predicted molar refractivity (Wildman–Crippen MR) is 76.5 cm³/mol. The molecule has 0 saturated heterocycles. The fraction of sp³-hybridized carbons (Fsp3) is 1.00. The lowest BCUT2D eigenvalue weighted by Gasteiger charge is -2.22. The van der Waals surface area contributed by atoms with Crippen molar-refractivity contribution in [2.24, 2.45) is 0 Å². The van der Waals surface area contributed by atoms with Gasteiger partial charge >= 0.3 is 0 Å². The third-order valence-corrected chi connectivity index (χ3v) is 4.08. The van der Waals surface area contributed by atoms with Crippen LogP contribution >= 0.6 is 0 Å². The van der Waals surface area contributed by atoms with E-state index in [1.54, 1.807) is 0 Å². The molecular weight excluding hydrogens is 208 g/mol. The van der Waals surface area contributed by atoms with Gasteiger partial charge in [0.15, 0.2) is 0 Å². The Morgan fingerprint density at radius 3 is 2.12 bits per heavy atom. The third kappa shape index (κ3) is 7.05. The normalized spacial score (nSPS) is 19.2. The molecule has 1 aliphatic carbocycles. The second-order valence-corrected chi connectivity index (χ2v) is 5.38. The molecule has 102 valence electrons. The Morgan fingerprint density at radius 1 is 0.941 bits per heavy atom. The van der Waals surface area contributed by atoms with Gasteiger partial charge in [0.25, 0.3) is 0 Å². The largest absolute Gasteiger partial charge is 0.314 e. The summed E-state index contributed by atoms with van der Waals surface area (Å²) in [7, 11) is 0. The summed E-state index contributed by atoms with van der Waals surface area (Å²) in [5.41, 5.74) is 0. The summed E-state index contributed by atoms with van der Waals surface area (Å²) in [5, 5.41) is 3.77. The summed E-state index contributed by atoms with van der Waals surface area (Å²) >= 11 is 0. The van der Waals surface area contributed by atoms with Gasteiger partial charge in [0.1, 0.15) is 0 Å². The zero-order valence-corrected chi connectivity index (χ0v) is 12.0. The second kappa shape index (κ2) is 9.90. The van der Waals surface area contributed by atoms with Crippen molar-refractivity contribution in [1.82, 2.24) is 10.2 Å². The summed E-state index contributed by atoms with van der Waals surface area (Å²) < 4.78 is 0. The summed E-state index contributed by atoms with van der Waals surface area (Å²) in [5.74, 6) is 0. The molecule has 2 nitrogen and oxygen atoms in total. The highest BCUT2D eigenvalue weighted by atomic mass is 15.1. The van der Waals surface area contributed by atoms with E-state index in [0.29, 0.717) is 0 Å². The minimum Gasteiger partial charge on any atom is -0.314 e. The topological polar surface area (TPSA) is 15.3 Å². The minimum atomic E-state index is 0.812. The first-order chi connectivity index (χ1) is 8.36. The third-order valence-electron chi connectivity index (χ3n) is 4.08. The van der Waals surface area contributed by atoms with Crippen LogP contribution in [0.2, 0.25) is 0 Å². The molecule has 0 aromatic carbocycles. The van der Waals surface area contributed by atoms with E-state index in [2.05, 4.69) is 24.1 Å². The van der Waals surface area contributed by atoms with Gasteiger partial charge in [-0.05, 0) is 45.4 Å². The molecule has 2 heteroatoms. The second-order valence-electron chi connectivity index (χ2n) is 5.38. The molecular formula is C15H32N2. The van der Waals surface area contributed by atoms with Crippen molar-refractivity contribution in [1.29, 1.82) is 0 Å². The van der Waals surface area contributed by atoms with Gasteiger partial charge in [-0.1, -0.05) is 46.0 Å². The number of nitrogens with zero attached hydrogens (tertiary/aromatic N) is 1. The molecule has 1 aliphatic rings. The van der Waals surface area contributed by atoms with Crippen LogP contribution in [0.1, 0.15) is 65.2 Å². The Hall–Kier alpha value is -0.0800. The first kappa shape index (κ1) is 15.0. The smallest absolute Gasteiger partial charge is 0.00670 e. The molecule has 1 saturated carbocycles. The zero-order valence-electron chi connectivity index (χ0n) is 12.0. The van der Waals surface area contributed by atoms with Crippen LogP contribution in [-0.2, 0) is 0 Å². The van der Waals surface area contributed by atoms with E-state index in [4.69, 9.17) is 0 Å². The molecule has 0 bridgehead atoms. The van der Waals surface area contributed by atoms with E-state index in [1.165, 1.54) is 77.5 Å². The summed E-state index contributed by atoms with van der Waals surface area (Å²) in [4.78, 5) is 2.51. The Kier molecular flexibility index (Phi) is 8.72. The molecule has 1 N–H and O–H groups in total. The molecule has 0 aromatic heterocycles. The van der Waals surface area contributed by atoms with E-state index in [0.717, 1.165) is 6.04 Å². The maximum absolute atomic E-state index is 3.77. The molecule has 0 radical (unpaired) electrons. The van der Waals surface area contributed by atoms with Crippen molar-refractivity contribution < 1.29 is 0 Å². The monoisotopic (exact) mass is 240 g/mol. The molecule has 0 spiro atoms. The van der Waals surface area contributed by atoms with Crippen LogP contribution in [-0.4, -0.2) is 37.1 Å². The van der Waals surface area contributed by atoms with Crippen LogP contribution in [0.15, 0.2) is 0 Å². The molecule has 0 aromatic rings. The molecule has 0 unspecified atom stereocenters. The maximum atomic E-state index is 3.77. The first-order valence-corrected chi connectivity index (χ1v) is 7.82. The van der Waals surface area contributed by atoms with E-state index in [-0.39, 0.29) is 0 Å². The van der Waals surface area contributed by atoms with Gasteiger partial charge in [-0.15, -0.1) is 0 Å². The van der Waals surface area contributed by atoms with Crippen LogP contribution in [0, 0.1) is 0 Å². The lowest BCUT2D eigenvalue weighted by molar-refractivity contribution is 0.292. The molecule has 0 atom stereocenters. The van der Waals surface area contributed by atoms with E-state index < -0.39 is 0 Å². The SMILES string of the molecule is CCN(CC)CCCNC1CCCCCCC1. The summed E-state index contributed by atoms with van der Waals surface area (Å²) in [6.07, 6.45) is 11.4. The van der Waals surface area contributed by atoms with E-state index in [9.17, 15) is 0 Å². The van der Waals surface area contributed by atoms with Gasteiger partial charge in [0.05, 0.1) is 0 Å². The Bertz CT molecular complexity index is 158. The minimum absolute atomic E-state index is 0.812. The van der Waals surface area contributed by atoms with Gasteiger partial charge in [0, 0.05) is 6.04 Å². The number of rotatable bonds is 7. The van der Waals surface area contributed by atoms with Crippen LogP contribution in [0.3, 0.4) is 0 Å². The van der Waals surface area contributed by atoms with Gasteiger partial charge in [-0.25, -0.2) is 0 Å². The average molecular weight is 240 g/mol. The van der Waals surface area contributed by atoms with Crippen LogP contribution in [0.25, 0.3) is 0 Å². The molecule has 0 heterocycles. The quantitative estimate of drug-likeness (QED) is 0.686. The Balaban J connectivity index is 2.03. The summed E-state index contributed by atoms with van der Waals surface area (Å²) in [6.45, 7) is 9.37. The van der Waals surface area contributed by atoms with E-state index in [1.807, 2.05) is 0 Å². The lowest BCUT2D eigenvalue weighted by atomic mass is 9.97. The number of hydrogen-bond donors (Lipinski definition) is 1. The molecule has 17 heavy (non-hydrogen) atoms. The van der Waals surface area contributed by atoms with Crippen molar-refractivity contribution in [3.63, 3.8) is 0 Å². The molecule has 1 fully saturated rings. The molecule has 1 rings (SSSR count). The highest BCUT2D eigenvalue weighted by Gasteiger charge is 2.10. The standard InChI is InChI=1S/C15H32N2/c1-3-17(4-2)14-10-13-16-15-11-8-6-5-7-9-12-15/h15-16H,3-14H2,1-2H3. The van der Waals surface area contributed by atoms with Gasteiger partial charge < -0.3 is 10.2 Å². The van der Waals surface area contributed by atoms with Crippen LogP contribution < -0.4 is 5.32 Å². The first-order valence-electron chi connectivity index (χ1n) is 7.82. The number of hydrogen-bond acceptors (Lipinski definition) is 2. The highest BCUT2D eigenvalue weighted by molar-refractivity contribution is 4.70. The fourth-order valence-corrected chi connectivity index (χ4v) is 2.81. The lowest BCUT2D eigenvalue weighted by Crippen LogP contribution is -2.33. The van der Waals surface area contributed by atoms with Gasteiger partial charge in [0.2, 0.25) is 0 Å². The highest BCUT2D eigenvalue weighted by Crippen LogP contribution is 2.16. The van der Waals surface area contributed by atoms with Crippen LogP contribution in [0.4, 0.5) is 0 Å². The van der Waals surface area contributed by atoms with Crippen molar-refractivity contribution in [3.05, 3.63) is 0 Å². The van der Waals surface area contributed by atoms with Crippen molar-refractivity contribution >= 4 is 0 Å². The number of nitrogens with one attached hydrogen (secondary N) is 1. The predicted octanol–water partition coefficient (Wildman–Crippen LogP) is 3.42. The Morgan fingerprint density at radius 2 is 1.53 bits per heavy atom. The fourth-order valence-electron chi connectivity index (χ4n) is 2.81. The average Bonchev–Trinajstić information content (AvgIpc) is 2.31. The van der Waals surface area contributed by atoms with Gasteiger partial charge in [-0.3, -0.25) is 0 Å². The van der Waals surface area contributed by atoms with Crippen molar-refractivity contribution in [2.75, 3.05) is 26.2 Å². The van der Waals surface area contributed by atoms with E-state index >= 15 is 0 Å². The summed E-state index contributed by atoms with van der Waals surface area (Å²) in [6, 6.07) is 0.812. The van der Waals surface area contributed by atoms with Crippen molar-refractivity contribution in [3.8, 4) is 0 Å². The molecule has 0 aliphatic heterocycles. The van der Waals surface area contributed by atoms with Crippen molar-refractivity contribution in [2.45, 2.75) is 71.3 Å². The van der Waals surface area contributed by atoms with Crippen LogP contribution in [0.5, 0.6) is 0 Å².